The molecule has 2 heterocycles. The molecule has 25 heavy (non-hydrogen) atoms. The summed E-state index contributed by atoms with van der Waals surface area (Å²) in [5, 5.41) is 1.10. The van der Waals surface area contributed by atoms with Gasteiger partial charge in [-0.25, -0.2) is 9.97 Å². The van der Waals surface area contributed by atoms with Gasteiger partial charge in [0.15, 0.2) is 0 Å². The molecule has 0 bridgehead atoms. The van der Waals surface area contributed by atoms with Gasteiger partial charge < -0.3 is 4.90 Å². The molecule has 0 fully saturated rings. The molecule has 128 valence electrons. The third-order valence-corrected chi connectivity index (χ3v) is 4.64. The van der Waals surface area contributed by atoms with E-state index in [4.69, 9.17) is 23.2 Å². The van der Waals surface area contributed by atoms with Crippen LogP contribution in [-0.4, -0.2) is 32.4 Å². The van der Waals surface area contributed by atoms with Crippen molar-refractivity contribution in [3.05, 3.63) is 76.4 Å². The van der Waals surface area contributed by atoms with E-state index in [2.05, 4.69) is 9.97 Å². The summed E-state index contributed by atoms with van der Waals surface area (Å²) in [6.45, 7) is 1.92. The van der Waals surface area contributed by atoms with Gasteiger partial charge in [0.05, 0.1) is 11.6 Å². The summed E-state index contributed by atoms with van der Waals surface area (Å²) < 4.78 is 1.77. The van der Waals surface area contributed by atoms with Crippen LogP contribution in [0.4, 0.5) is 0 Å². The first-order chi connectivity index (χ1) is 12.0. The smallest absolute Gasteiger partial charge is 0.255 e. The molecule has 0 aliphatic rings. The largest absolute Gasteiger partial charge is 0.335 e. The number of carbonyl (C=O) groups is 1. The van der Waals surface area contributed by atoms with E-state index < -0.39 is 0 Å². The minimum absolute atomic E-state index is 0.136. The van der Waals surface area contributed by atoms with Crippen LogP contribution in [0.15, 0.2) is 55.2 Å². The van der Waals surface area contributed by atoms with Gasteiger partial charge in [-0.05, 0) is 36.8 Å². The molecule has 3 aromatic rings. The van der Waals surface area contributed by atoms with Gasteiger partial charge in [0.2, 0.25) is 0 Å². The lowest BCUT2D eigenvalue weighted by Gasteiger charge is -2.26. The molecular weight excluding hydrogens is 359 g/mol. The fourth-order valence-electron chi connectivity index (χ4n) is 2.49. The van der Waals surface area contributed by atoms with Crippen LogP contribution < -0.4 is 0 Å². The van der Waals surface area contributed by atoms with E-state index in [0.29, 0.717) is 21.4 Å². The Morgan fingerprint density at radius 1 is 1.24 bits per heavy atom. The lowest BCUT2D eigenvalue weighted by molar-refractivity contribution is 0.0742. The highest BCUT2D eigenvalue weighted by Gasteiger charge is 2.21. The van der Waals surface area contributed by atoms with Crippen molar-refractivity contribution >= 4 is 29.1 Å². The number of amides is 1. The quantitative estimate of drug-likeness (QED) is 0.679. The molecular formula is C18H16Cl2N4O. The van der Waals surface area contributed by atoms with E-state index in [-0.39, 0.29) is 11.9 Å². The number of rotatable bonds is 4. The Morgan fingerprint density at radius 2 is 2.04 bits per heavy atom. The second kappa shape index (κ2) is 7.25. The Kier molecular flexibility index (Phi) is 5.06. The van der Waals surface area contributed by atoms with Crippen molar-refractivity contribution in [3.8, 4) is 5.82 Å². The Morgan fingerprint density at radius 3 is 2.64 bits per heavy atom. The average Bonchev–Trinajstić information content (AvgIpc) is 3.15. The number of benzene rings is 1. The van der Waals surface area contributed by atoms with E-state index in [1.54, 1.807) is 65.7 Å². The number of nitrogens with zero attached hydrogens (tertiary/aromatic N) is 4. The Bertz CT molecular complexity index is 879. The zero-order chi connectivity index (χ0) is 18.0. The van der Waals surface area contributed by atoms with Crippen molar-refractivity contribution < 1.29 is 4.79 Å². The van der Waals surface area contributed by atoms with Gasteiger partial charge in [-0.3, -0.25) is 9.36 Å². The van der Waals surface area contributed by atoms with Crippen molar-refractivity contribution in [2.45, 2.75) is 13.0 Å². The third-order valence-electron chi connectivity index (χ3n) is 4.08. The summed E-state index contributed by atoms with van der Waals surface area (Å²) in [5.74, 6) is 0.564. The van der Waals surface area contributed by atoms with E-state index in [0.717, 1.165) is 5.56 Å². The molecule has 1 unspecified atom stereocenters. The fourth-order valence-corrected chi connectivity index (χ4v) is 3.05. The molecule has 5 nitrogen and oxygen atoms in total. The number of hydrogen-bond donors (Lipinski definition) is 0. The molecule has 1 amide bonds. The van der Waals surface area contributed by atoms with E-state index >= 15 is 0 Å². The summed E-state index contributed by atoms with van der Waals surface area (Å²) in [4.78, 5) is 22.7. The highest BCUT2D eigenvalue weighted by Crippen LogP contribution is 2.29. The molecule has 2 aromatic heterocycles. The molecule has 0 saturated heterocycles. The second-order valence-electron chi connectivity index (χ2n) is 5.63. The summed E-state index contributed by atoms with van der Waals surface area (Å²) in [6, 6.07) is 8.60. The summed E-state index contributed by atoms with van der Waals surface area (Å²) in [6.07, 6.45) is 6.68. The van der Waals surface area contributed by atoms with E-state index in [9.17, 15) is 4.79 Å². The van der Waals surface area contributed by atoms with Gasteiger partial charge >= 0.3 is 0 Å². The van der Waals surface area contributed by atoms with Crippen LogP contribution in [0.1, 0.15) is 28.9 Å². The number of aromatic nitrogens is 3. The molecule has 0 radical (unpaired) electrons. The number of pyridine rings is 1. The minimum Gasteiger partial charge on any atom is -0.335 e. The topological polar surface area (TPSA) is 51.0 Å². The minimum atomic E-state index is -0.203. The monoisotopic (exact) mass is 374 g/mol. The lowest BCUT2D eigenvalue weighted by atomic mass is 10.1. The molecule has 1 aromatic carbocycles. The van der Waals surface area contributed by atoms with Crippen LogP contribution in [0.3, 0.4) is 0 Å². The van der Waals surface area contributed by atoms with E-state index in [1.165, 1.54) is 0 Å². The van der Waals surface area contributed by atoms with Crippen molar-refractivity contribution in [1.82, 2.24) is 19.4 Å². The molecule has 0 spiro atoms. The van der Waals surface area contributed by atoms with Crippen LogP contribution in [0.5, 0.6) is 0 Å². The van der Waals surface area contributed by atoms with Crippen LogP contribution in [-0.2, 0) is 0 Å². The van der Waals surface area contributed by atoms with Crippen LogP contribution >= 0.6 is 23.2 Å². The van der Waals surface area contributed by atoms with Crippen molar-refractivity contribution in [1.29, 1.82) is 0 Å². The van der Waals surface area contributed by atoms with Gasteiger partial charge in [-0.2, -0.15) is 0 Å². The highest BCUT2D eigenvalue weighted by molar-refractivity contribution is 6.35. The van der Waals surface area contributed by atoms with Gasteiger partial charge in [-0.15, -0.1) is 0 Å². The lowest BCUT2D eigenvalue weighted by Crippen LogP contribution is -2.30. The number of hydrogen-bond acceptors (Lipinski definition) is 3. The van der Waals surface area contributed by atoms with E-state index in [1.807, 2.05) is 13.0 Å². The maximum Gasteiger partial charge on any atom is 0.255 e. The van der Waals surface area contributed by atoms with Crippen LogP contribution in [0.2, 0.25) is 10.0 Å². The Hall–Kier alpha value is -2.37. The Labute approximate surface area is 155 Å². The summed E-state index contributed by atoms with van der Waals surface area (Å²) in [7, 11) is 1.74. The van der Waals surface area contributed by atoms with Crippen molar-refractivity contribution in [2.24, 2.45) is 0 Å². The molecule has 3 rings (SSSR count). The van der Waals surface area contributed by atoms with Crippen molar-refractivity contribution in [2.75, 3.05) is 7.05 Å². The first-order valence-electron chi connectivity index (χ1n) is 7.64. The van der Waals surface area contributed by atoms with Crippen LogP contribution in [0, 0.1) is 0 Å². The summed E-state index contributed by atoms with van der Waals surface area (Å²) >= 11 is 12.2. The first-order valence-corrected chi connectivity index (χ1v) is 8.39. The predicted molar refractivity (Wildman–Crippen MR) is 98.3 cm³/mol. The SMILES string of the molecule is CC(c1ccc(Cl)cc1Cl)N(C)C(=O)c1ccc(-n2ccnc2)nc1. The maximum atomic E-state index is 12.7. The third kappa shape index (κ3) is 3.67. The molecule has 0 saturated carbocycles. The fraction of sp³-hybridized carbons (Fsp3) is 0.167. The van der Waals surface area contributed by atoms with Gasteiger partial charge in [0.1, 0.15) is 12.1 Å². The highest BCUT2D eigenvalue weighted by atomic mass is 35.5. The van der Waals surface area contributed by atoms with Gasteiger partial charge in [0, 0.05) is 35.7 Å². The second-order valence-corrected chi connectivity index (χ2v) is 6.48. The molecule has 0 N–H and O–H groups in total. The maximum absolute atomic E-state index is 12.7. The predicted octanol–water partition coefficient (Wildman–Crippen LogP) is 4.41. The average molecular weight is 375 g/mol. The first kappa shape index (κ1) is 17.5. The zero-order valence-electron chi connectivity index (χ0n) is 13.7. The van der Waals surface area contributed by atoms with Gasteiger partial charge in [-0.1, -0.05) is 29.3 Å². The zero-order valence-corrected chi connectivity index (χ0v) is 15.2. The summed E-state index contributed by atoms with van der Waals surface area (Å²) in [5.41, 5.74) is 1.34. The molecule has 0 aliphatic heterocycles. The van der Waals surface area contributed by atoms with Crippen LogP contribution in [0.25, 0.3) is 5.82 Å². The number of imidazole rings is 1. The number of halogens is 2. The number of carbonyl (C=O) groups excluding carboxylic acids is 1. The molecule has 7 heteroatoms. The normalized spacial score (nSPS) is 12.0. The Balaban J connectivity index is 1.79. The molecule has 1 atom stereocenters. The van der Waals surface area contributed by atoms with Gasteiger partial charge in [0.25, 0.3) is 5.91 Å². The molecule has 0 aliphatic carbocycles. The van der Waals surface area contributed by atoms with Crippen molar-refractivity contribution in [3.63, 3.8) is 0 Å². The standard InChI is InChI=1S/C18H16Cl2N4O/c1-12(15-5-4-14(19)9-16(15)20)23(2)18(25)13-3-6-17(22-10-13)24-8-7-21-11-24/h3-12H,1-2H3.